The number of fused-ring (bicyclic) bond motifs is 1. The minimum atomic E-state index is 0.547. The van der Waals surface area contributed by atoms with Gasteiger partial charge in [0.25, 0.3) is 0 Å². The van der Waals surface area contributed by atoms with Crippen LogP contribution in [-0.4, -0.2) is 35.2 Å². The topological polar surface area (TPSA) is 72.0 Å². The molecule has 0 atom stereocenters. The summed E-state index contributed by atoms with van der Waals surface area (Å²) in [5.41, 5.74) is 1.75. The lowest BCUT2D eigenvalue weighted by molar-refractivity contribution is 0.198. The molecule has 2 N–H and O–H groups in total. The first-order chi connectivity index (χ1) is 11.4. The van der Waals surface area contributed by atoms with Gasteiger partial charge < -0.3 is 15.4 Å². The van der Waals surface area contributed by atoms with Gasteiger partial charge in [0, 0.05) is 31.8 Å². The van der Waals surface area contributed by atoms with Crippen molar-refractivity contribution in [3.05, 3.63) is 48.8 Å². The van der Waals surface area contributed by atoms with E-state index in [1.807, 2.05) is 36.4 Å². The molecule has 0 radical (unpaired) electrons. The fourth-order valence-corrected chi connectivity index (χ4v) is 2.26. The number of nitrogens with zero attached hydrogens (tertiary/aromatic N) is 3. The van der Waals surface area contributed by atoms with E-state index in [1.165, 1.54) is 0 Å². The van der Waals surface area contributed by atoms with Crippen LogP contribution < -0.4 is 10.6 Å². The summed E-state index contributed by atoms with van der Waals surface area (Å²) in [6, 6.07) is 11.7. The van der Waals surface area contributed by atoms with Gasteiger partial charge in [-0.25, -0.2) is 4.98 Å². The average Bonchev–Trinajstić information content (AvgIpc) is 2.59. The van der Waals surface area contributed by atoms with Crippen molar-refractivity contribution in [3.8, 4) is 0 Å². The van der Waals surface area contributed by atoms with Gasteiger partial charge in [0.05, 0.1) is 17.4 Å². The van der Waals surface area contributed by atoms with Gasteiger partial charge in [0.2, 0.25) is 5.95 Å². The molecular formula is C17H19N5O. The summed E-state index contributed by atoms with van der Waals surface area (Å²) in [5.74, 6) is 1.36. The number of ether oxygens (including phenoxy) is 1. The Balaban J connectivity index is 1.87. The maximum atomic E-state index is 5.08. The average molecular weight is 309 g/mol. The van der Waals surface area contributed by atoms with Crippen LogP contribution in [0.4, 0.5) is 17.5 Å². The number of para-hydroxylation sites is 1. The fraction of sp³-hybridized carbons (Fsp3) is 0.235. The maximum Gasteiger partial charge on any atom is 0.229 e. The Morgan fingerprint density at radius 1 is 1.09 bits per heavy atom. The van der Waals surface area contributed by atoms with E-state index in [4.69, 9.17) is 4.74 Å². The zero-order valence-electron chi connectivity index (χ0n) is 13.0. The molecule has 0 amide bonds. The third kappa shape index (κ3) is 3.92. The molecule has 2 heterocycles. The number of aromatic nitrogens is 3. The molecule has 118 valence electrons. The summed E-state index contributed by atoms with van der Waals surface area (Å²) < 4.78 is 5.08. The lowest BCUT2D eigenvalue weighted by Crippen LogP contribution is -2.08. The summed E-state index contributed by atoms with van der Waals surface area (Å²) in [7, 11) is 1.70. The van der Waals surface area contributed by atoms with E-state index < -0.39 is 0 Å². The van der Waals surface area contributed by atoms with Crippen LogP contribution in [0, 0.1) is 0 Å². The van der Waals surface area contributed by atoms with E-state index >= 15 is 0 Å². The number of hydrogen-bond donors (Lipinski definition) is 2. The maximum absolute atomic E-state index is 5.08. The number of pyridine rings is 1. The van der Waals surface area contributed by atoms with E-state index in [9.17, 15) is 0 Å². The molecule has 0 saturated carbocycles. The van der Waals surface area contributed by atoms with Crippen molar-refractivity contribution in [2.24, 2.45) is 0 Å². The van der Waals surface area contributed by atoms with Crippen LogP contribution in [0.1, 0.15) is 6.42 Å². The van der Waals surface area contributed by atoms with Gasteiger partial charge >= 0.3 is 0 Å². The van der Waals surface area contributed by atoms with Gasteiger partial charge in [-0.3, -0.25) is 4.98 Å². The van der Waals surface area contributed by atoms with E-state index in [0.29, 0.717) is 5.95 Å². The van der Waals surface area contributed by atoms with Crippen molar-refractivity contribution in [3.63, 3.8) is 0 Å². The van der Waals surface area contributed by atoms with Crippen molar-refractivity contribution < 1.29 is 4.74 Å². The molecule has 3 rings (SSSR count). The van der Waals surface area contributed by atoms with Crippen LogP contribution in [-0.2, 0) is 4.74 Å². The lowest BCUT2D eigenvalue weighted by atomic mass is 10.2. The van der Waals surface area contributed by atoms with Crippen LogP contribution in [0.5, 0.6) is 0 Å². The van der Waals surface area contributed by atoms with Gasteiger partial charge in [-0.15, -0.1) is 0 Å². The summed E-state index contributed by atoms with van der Waals surface area (Å²) in [4.78, 5) is 13.2. The van der Waals surface area contributed by atoms with E-state index in [0.717, 1.165) is 42.0 Å². The SMILES string of the molecule is COCCCNc1nc(Nc2cccnc2)nc2ccccc12. The zero-order valence-corrected chi connectivity index (χ0v) is 13.0. The second-order valence-corrected chi connectivity index (χ2v) is 5.05. The summed E-state index contributed by atoms with van der Waals surface area (Å²) in [6.07, 6.45) is 4.39. The minimum Gasteiger partial charge on any atom is -0.385 e. The van der Waals surface area contributed by atoms with Crippen molar-refractivity contribution in [1.82, 2.24) is 15.0 Å². The number of rotatable bonds is 7. The van der Waals surface area contributed by atoms with Gasteiger partial charge in [0.1, 0.15) is 5.82 Å². The zero-order chi connectivity index (χ0) is 15.9. The fourth-order valence-electron chi connectivity index (χ4n) is 2.26. The second kappa shape index (κ2) is 7.51. The molecule has 23 heavy (non-hydrogen) atoms. The molecule has 0 bridgehead atoms. The Bertz CT molecular complexity index is 763. The Morgan fingerprint density at radius 2 is 2.00 bits per heavy atom. The predicted octanol–water partition coefficient (Wildman–Crippen LogP) is 3.22. The smallest absolute Gasteiger partial charge is 0.229 e. The van der Waals surface area contributed by atoms with E-state index in [2.05, 4.69) is 25.6 Å². The molecule has 0 spiro atoms. The van der Waals surface area contributed by atoms with Gasteiger partial charge in [-0.05, 0) is 30.7 Å². The number of nitrogens with one attached hydrogen (secondary N) is 2. The van der Waals surface area contributed by atoms with Crippen molar-refractivity contribution in [2.45, 2.75) is 6.42 Å². The van der Waals surface area contributed by atoms with Crippen LogP contribution in [0.25, 0.3) is 10.9 Å². The molecule has 3 aromatic rings. The Labute approximate surface area is 135 Å². The first-order valence-corrected chi connectivity index (χ1v) is 7.53. The van der Waals surface area contributed by atoms with Gasteiger partial charge in [-0.2, -0.15) is 4.98 Å². The second-order valence-electron chi connectivity index (χ2n) is 5.05. The molecule has 6 nitrogen and oxygen atoms in total. The molecule has 0 aliphatic rings. The molecule has 0 aliphatic heterocycles. The summed E-state index contributed by atoms with van der Waals surface area (Å²) >= 11 is 0. The Kier molecular flexibility index (Phi) is 4.95. The highest BCUT2D eigenvalue weighted by molar-refractivity contribution is 5.90. The van der Waals surface area contributed by atoms with Crippen LogP contribution >= 0.6 is 0 Å². The quantitative estimate of drug-likeness (QED) is 0.653. The van der Waals surface area contributed by atoms with E-state index in [-0.39, 0.29) is 0 Å². The van der Waals surface area contributed by atoms with Crippen LogP contribution in [0.15, 0.2) is 48.8 Å². The normalized spacial score (nSPS) is 10.7. The summed E-state index contributed by atoms with van der Waals surface area (Å²) in [5, 5.41) is 7.55. The molecule has 0 aliphatic carbocycles. The molecule has 6 heteroatoms. The first kappa shape index (κ1) is 15.2. The van der Waals surface area contributed by atoms with Crippen LogP contribution in [0.2, 0.25) is 0 Å². The first-order valence-electron chi connectivity index (χ1n) is 7.53. The number of benzene rings is 1. The standard InChI is InChI=1S/C17H19N5O/c1-23-11-5-10-19-16-14-7-2-3-8-15(14)21-17(22-16)20-13-6-4-9-18-12-13/h2-4,6-9,12H,5,10-11H2,1H3,(H2,19,20,21,22). The van der Waals surface area contributed by atoms with Gasteiger partial charge in [0.15, 0.2) is 0 Å². The van der Waals surface area contributed by atoms with Crippen molar-refractivity contribution in [1.29, 1.82) is 0 Å². The monoisotopic (exact) mass is 309 g/mol. The third-order valence-electron chi connectivity index (χ3n) is 3.34. The predicted molar refractivity (Wildman–Crippen MR) is 92.0 cm³/mol. The number of anilines is 3. The molecule has 0 fully saturated rings. The highest BCUT2D eigenvalue weighted by atomic mass is 16.5. The molecule has 2 aromatic heterocycles. The molecule has 1 aromatic carbocycles. The highest BCUT2D eigenvalue weighted by Gasteiger charge is 2.07. The number of methoxy groups -OCH3 is 1. The Hall–Kier alpha value is -2.73. The number of hydrogen-bond acceptors (Lipinski definition) is 6. The third-order valence-corrected chi connectivity index (χ3v) is 3.34. The Morgan fingerprint density at radius 3 is 2.83 bits per heavy atom. The minimum absolute atomic E-state index is 0.547. The molecule has 0 saturated heterocycles. The van der Waals surface area contributed by atoms with Crippen LogP contribution in [0.3, 0.4) is 0 Å². The summed E-state index contributed by atoms with van der Waals surface area (Å²) in [6.45, 7) is 1.51. The van der Waals surface area contributed by atoms with Crippen molar-refractivity contribution in [2.75, 3.05) is 30.9 Å². The van der Waals surface area contributed by atoms with E-state index in [1.54, 1.807) is 19.5 Å². The molecular weight excluding hydrogens is 290 g/mol. The molecule has 0 unspecified atom stereocenters. The lowest BCUT2D eigenvalue weighted by Gasteiger charge is -2.11. The highest BCUT2D eigenvalue weighted by Crippen LogP contribution is 2.23. The van der Waals surface area contributed by atoms with Gasteiger partial charge in [-0.1, -0.05) is 12.1 Å². The largest absolute Gasteiger partial charge is 0.385 e. The van der Waals surface area contributed by atoms with Crippen molar-refractivity contribution >= 4 is 28.4 Å².